The molecule has 0 radical (unpaired) electrons. The van der Waals surface area contributed by atoms with E-state index in [1.54, 1.807) is 13.4 Å². The van der Waals surface area contributed by atoms with Crippen molar-refractivity contribution < 1.29 is 9.15 Å². The number of nitrogens with two attached hydrogens (primary N) is 1. The van der Waals surface area contributed by atoms with Crippen molar-refractivity contribution in [2.24, 2.45) is 5.73 Å². The third-order valence-electron chi connectivity index (χ3n) is 2.79. The zero-order valence-electron chi connectivity index (χ0n) is 9.87. The zero-order chi connectivity index (χ0) is 12.1. The van der Waals surface area contributed by atoms with Crippen molar-refractivity contribution in [2.45, 2.75) is 18.6 Å². The maximum absolute atomic E-state index is 6.17. The highest BCUT2D eigenvalue weighted by molar-refractivity contribution is 5.19. The fourth-order valence-electron chi connectivity index (χ4n) is 1.97. The summed E-state index contributed by atoms with van der Waals surface area (Å²) in [6, 6.07) is 13.7. The molecule has 1 heterocycles. The Kier molecular flexibility index (Phi) is 3.96. The Balaban J connectivity index is 2.08. The summed E-state index contributed by atoms with van der Waals surface area (Å²) in [7, 11) is 1.68. The van der Waals surface area contributed by atoms with Gasteiger partial charge in [0.25, 0.3) is 0 Å². The van der Waals surface area contributed by atoms with Gasteiger partial charge in [0.15, 0.2) is 0 Å². The van der Waals surface area contributed by atoms with E-state index in [9.17, 15) is 0 Å². The predicted octanol–water partition coefficient (Wildman–Crippen LogP) is 2.54. The Hall–Kier alpha value is -1.58. The zero-order valence-corrected chi connectivity index (χ0v) is 9.87. The first-order valence-corrected chi connectivity index (χ1v) is 5.67. The van der Waals surface area contributed by atoms with Gasteiger partial charge in [-0.2, -0.15) is 0 Å². The highest BCUT2D eigenvalue weighted by Crippen LogP contribution is 2.21. The van der Waals surface area contributed by atoms with Crippen LogP contribution in [0.1, 0.15) is 17.4 Å². The average Bonchev–Trinajstić information content (AvgIpc) is 2.84. The van der Waals surface area contributed by atoms with Gasteiger partial charge in [0, 0.05) is 19.6 Å². The van der Waals surface area contributed by atoms with Gasteiger partial charge in [-0.25, -0.2) is 0 Å². The van der Waals surface area contributed by atoms with E-state index >= 15 is 0 Å². The summed E-state index contributed by atoms with van der Waals surface area (Å²) in [6.07, 6.45) is 2.22. The molecule has 0 aliphatic rings. The van der Waals surface area contributed by atoms with Crippen LogP contribution in [0.5, 0.6) is 0 Å². The van der Waals surface area contributed by atoms with Gasteiger partial charge in [0.05, 0.1) is 12.4 Å². The van der Waals surface area contributed by atoms with E-state index < -0.39 is 0 Å². The summed E-state index contributed by atoms with van der Waals surface area (Å²) in [5.74, 6) is 0.885. The van der Waals surface area contributed by atoms with Gasteiger partial charge in [-0.15, -0.1) is 0 Å². The van der Waals surface area contributed by atoms with E-state index in [0.717, 1.165) is 11.3 Å². The van der Waals surface area contributed by atoms with E-state index in [-0.39, 0.29) is 12.1 Å². The molecule has 0 aliphatic heterocycles. The second kappa shape index (κ2) is 5.66. The Bertz CT molecular complexity index is 425. The van der Waals surface area contributed by atoms with Crippen LogP contribution in [0, 0.1) is 0 Å². The standard InChI is InChI=1S/C14H17NO2/c1-16-14(11-6-3-2-4-7-11)13(15)10-12-8-5-9-17-12/h2-9,13-14H,10,15H2,1H3. The monoisotopic (exact) mass is 231 g/mol. The fourth-order valence-corrected chi connectivity index (χ4v) is 1.97. The molecule has 2 atom stereocenters. The number of methoxy groups -OCH3 is 1. The van der Waals surface area contributed by atoms with Crippen LogP contribution in [0.2, 0.25) is 0 Å². The fraction of sp³-hybridized carbons (Fsp3) is 0.286. The highest BCUT2D eigenvalue weighted by Gasteiger charge is 2.20. The van der Waals surface area contributed by atoms with Crippen molar-refractivity contribution in [1.29, 1.82) is 0 Å². The van der Waals surface area contributed by atoms with Crippen molar-refractivity contribution in [3.63, 3.8) is 0 Å². The van der Waals surface area contributed by atoms with Crippen LogP contribution in [0.4, 0.5) is 0 Å². The normalized spacial score (nSPS) is 14.5. The van der Waals surface area contributed by atoms with Crippen LogP contribution in [0.15, 0.2) is 53.1 Å². The largest absolute Gasteiger partial charge is 0.469 e. The second-order valence-corrected chi connectivity index (χ2v) is 4.01. The molecule has 90 valence electrons. The Morgan fingerprint density at radius 3 is 2.53 bits per heavy atom. The number of benzene rings is 1. The maximum Gasteiger partial charge on any atom is 0.105 e. The van der Waals surface area contributed by atoms with Gasteiger partial charge in [-0.1, -0.05) is 30.3 Å². The highest BCUT2D eigenvalue weighted by atomic mass is 16.5. The molecule has 1 aromatic heterocycles. The first kappa shape index (κ1) is 11.9. The number of hydrogen-bond donors (Lipinski definition) is 1. The lowest BCUT2D eigenvalue weighted by molar-refractivity contribution is 0.0787. The van der Waals surface area contributed by atoms with Crippen LogP contribution >= 0.6 is 0 Å². The third-order valence-corrected chi connectivity index (χ3v) is 2.79. The predicted molar refractivity (Wildman–Crippen MR) is 66.6 cm³/mol. The SMILES string of the molecule is COC(c1ccccc1)C(N)Cc1ccco1. The molecule has 0 aliphatic carbocycles. The smallest absolute Gasteiger partial charge is 0.105 e. The number of ether oxygens (including phenoxy) is 1. The topological polar surface area (TPSA) is 48.4 Å². The Morgan fingerprint density at radius 2 is 1.94 bits per heavy atom. The van der Waals surface area contributed by atoms with Gasteiger partial charge >= 0.3 is 0 Å². The minimum atomic E-state index is -0.117. The summed E-state index contributed by atoms with van der Waals surface area (Å²) in [6.45, 7) is 0. The van der Waals surface area contributed by atoms with E-state index in [4.69, 9.17) is 14.9 Å². The van der Waals surface area contributed by atoms with Crippen LogP contribution in [-0.2, 0) is 11.2 Å². The molecule has 2 N–H and O–H groups in total. The minimum absolute atomic E-state index is 0.110. The molecule has 0 bridgehead atoms. The van der Waals surface area contributed by atoms with E-state index in [0.29, 0.717) is 6.42 Å². The summed E-state index contributed by atoms with van der Waals surface area (Å²) in [5.41, 5.74) is 7.26. The number of furan rings is 1. The molecule has 0 spiro atoms. The lowest BCUT2D eigenvalue weighted by Gasteiger charge is -2.22. The van der Waals surface area contributed by atoms with Crippen molar-refractivity contribution >= 4 is 0 Å². The Labute approximate surface area is 101 Å². The van der Waals surface area contributed by atoms with Crippen LogP contribution < -0.4 is 5.73 Å². The molecule has 2 aromatic rings. The first-order chi connectivity index (χ1) is 8.31. The molecule has 0 saturated carbocycles. The third kappa shape index (κ3) is 2.96. The molecule has 3 heteroatoms. The minimum Gasteiger partial charge on any atom is -0.469 e. The second-order valence-electron chi connectivity index (χ2n) is 4.01. The van der Waals surface area contributed by atoms with Gasteiger partial charge < -0.3 is 14.9 Å². The van der Waals surface area contributed by atoms with Crippen molar-refractivity contribution in [1.82, 2.24) is 0 Å². The molecular weight excluding hydrogens is 214 g/mol. The lowest BCUT2D eigenvalue weighted by atomic mass is 9.99. The molecular formula is C14H17NO2. The number of rotatable bonds is 5. The molecule has 0 fully saturated rings. The first-order valence-electron chi connectivity index (χ1n) is 5.67. The lowest BCUT2D eigenvalue weighted by Crippen LogP contribution is -2.31. The van der Waals surface area contributed by atoms with Gasteiger partial charge in [-0.3, -0.25) is 0 Å². The van der Waals surface area contributed by atoms with Crippen LogP contribution in [0.3, 0.4) is 0 Å². The molecule has 0 amide bonds. The van der Waals surface area contributed by atoms with Gasteiger partial charge in [-0.05, 0) is 17.7 Å². The molecule has 2 unspecified atom stereocenters. The van der Waals surface area contributed by atoms with Gasteiger partial charge in [0.2, 0.25) is 0 Å². The van der Waals surface area contributed by atoms with Crippen molar-refractivity contribution in [3.8, 4) is 0 Å². The molecule has 2 rings (SSSR count). The van der Waals surface area contributed by atoms with E-state index in [1.807, 2.05) is 42.5 Å². The molecule has 3 nitrogen and oxygen atoms in total. The summed E-state index contributed by atoms with van der Waals surface area (Å²) in [4.78, 5) is 0. The summed E-state index contributed by atoms with van der Waals surface area (Å²) >= 11 is 0. The van der Waals surface area contributed by atoms with E-state index in [2.05, 4.69) is 0 Å². The van der Waals surface area contributed by atoms with E-state index in [1.165, 1.54) is 0 Å². The van der Waals surface area contributed by atoms with Crippen molar-refractivity contribution in [3.05, 3.63) is 60.1 Å². The Morgan fingerprint density at radius 1 is 1.18 bits per heavy atom. The molecule has 0 saturated heterocycles. The summed E-state index contributed by atoms with van der Waals surface area (Å²) in [5, 5.41) is 0. The average molecular weight is 231 g/mol. The van der Waals surface area contributed by atoms with Gasteiger partial charge in [0.1, 0.15) is 5.76 Å². The quantitative estimate of drug-likeness (QED) is 0.860. The van der Waals surface area contributed by atoms with Crippen molar-refractivity contribution in [2.75, 3.05) is 7.11 Å². The van der Waals surface area contributed by atoms with Crippen LogP contribution in [0.25, 0.3) is 0 Å². The van der Waals surface area contributed by atoms with Crippen LogP contribution in [-0.4, -0.2) is 13.2 Å². The summed E-state index contributed by atoms with van der Waals surface area (Å²) < 4.78 is 10.8. The maximum atomic E-state index is 6.17. The molecule has 17 heavy (non-hydrogen) atoms. The number of hydrogen-bond acceptors (Lipinski definition) is 3. The molecule has 1 aromatic carbocycles.